The molecule has 0 bridgehead atoms. The zero-order valence-electron chi connectivity index (χ0n) is 18.2. The summed E-state index contributed by atoms with van der Waals surface area (Å²) in [5.74, 6) is -0.271. The van der Waals surface area contributed by atoms with E-state index in [0.717, 1.165) is 36.8 Å². The van der Waals surface area contributed by atoms with Crippen molar-refractivity contribution in [3.8, 4) is 11.3 Å². The summed E-state index contributed by atoms with van der Waals surface area (Å²) < 4.78 is 1.55. The first-order valence-electron chi connectivity index (χ1n) is 11.0. The van der Waals surface area contributed by atoms with Gasteiger partial charge in [-0.3, -0.25) is 9.59 Å². The number of aliphatic hydroxyl groups is 1. The predicted molar refractivity (Wildman–Crippen MR) is 128 cm³/mol. The van der Waals surface area contributed by atoms with Gasteiger partial charge in [0.15, 0.2) is 0 Å². The van der Waals surface area contributed by atoms with E-state index >= 15 is 0 Å². The van der Waals surface area contributed by atoms with E-state index in [2.05, 4.69) is 10.4 Å². The molecule has 4 rings (SSSR count). The first-order chi connectivity index (χ1) is 15.9. The topological polar surface area (TPSA) is 110 Å². The number of aromatic nitrogens is 2. The van der Waals surface area contributed by atoms with E-state index in [-0.39, 0.29) is 30.7 Å². The normalized spacial score (nSPS) is 20.4. The number of nitrogens with two attached hydrogens (primary N) is 1. The number of hydrogen-bond donors (Lipinski definition) is 3. The molecule has 3 aromatic rings. The van der Waals surface area contributed by atoms with Gasteiger partial charge in [-0.25, -0.2) is 4.68 Å². The molecule has 1 aromatic heterocycles. The fraction of sp³-hybridized carbons (Fsp3) is 0.320. The zero-order chi connectivity index (χ0) is 23.4. The number of benzene rings is 2. The molecule has 0 spiro atoms. The van der Waals surface area contributed by atoms with Crippen LogP contribution in [-0.4, -0.2) is 33.9 Å². The molecule has 1 amide bonds. The molecule has 0 atom stereocenters. The number of hydrogen-bond acceptors (Lipinski definition) is 5. The van der Waals surface area contributed by atoms with Gasteiger partial charge >= 0.3 is 0 Å². The van der Waals surface area contributed by atoms with Gasteiger partial charge in [0, 0.05) is 34.3 Å². The zero-order valence-corrected chi connectivity index (χ0v) is 19.0. The van der Waals surface area contributed by atoms with E-state index in [1.165, 1.54) is 6.07 Å². The second-order valence-corrected chi connectivity index (χ2v) is 8.90. The van der Waals surface area contributed by atoms with Gasteiger partial charge in [0.2, 0.25) is 0 Å². The lowest BCUT2D eigenvalue weighted by atomic mass is 9.75. The average Bonchev–Trinajstić information content (AvgIpc) is 2.83. The molecule has 1 aliphatic rings. The van der Waals surface area contributed by atoms with E-state index in [0.29, 0.717) is 16.3 Å². The van der Waals surface area contributed by atoms with E-state index in [9.17, 15) is 9.59 Å². The van der Waals surface area contributed by atoms with Gasteiger partial charge in [-0.2, -0.15) is 5.10 Å². The standard InChI is InChI=1S/C25H27ClN4O3/c26-20-6-2-5-19(16-20)25(27)11-9-21(10-12-25)30-23(32)8-7-22(29-30)17-3-1-4-18(15-17)24(33)28-13-14-31/h1-8,15-16,21,31H,9-14,27H2,(H,28,33). The first kappa shape index (κ1) is 23.2. The van der Waals surface area contributed by atoms with Gasteiger partial charge in [0.05, 0.1) is 18.3 Å². The minimum atomic E-state index is -0.473. The first-order valence-corrected chi connectivity index (χ1v) is 11.4. The molecule has 172 valence electrons. The van der Waals surface area contributed by atoms with Crippen molar-refractivity contribution in [3.05, 3.63) is 87.2 Å². The van der Waals surface area contributed by atoms with Crippen LogP contribution in [0.4, 0.5) is 0 Å². The molecule has 1 heterocycles. The highest BCUT2D eigenvalue weighted by molar-refractivity contribution is 6.30. The van der Waals surface area contributed by atoms with Gasteiger partial charge in [0.25, 0.3) is 11.5 Å². The van der Waals surface area contributed by atoms with E-state index in [1.807, 2.05) is 30.3 Å². The molecule has 0 radical (unpaired) electrons. The highest BCUT2D eigenvalue weighted by Crippen LogP contribution is 2.39. The van der Waals surface area contributed by atoms with Crippen molar-refractivity contribution in [2.75, 3.05) is 13.2 Å². The third kappa shape index (κ3) is 5.16. The lowest BCUT2D eigenvalue weighted by Gasteiger charge is -2.37. The summed E-state index contributed by atoms with van der Waals surface area (Å²) in [6.07, 6.45) is 2.89. The third-order valence-electron chi connectivity index (χ3n) is 6.24. The van der Waals surface area contributed by atoms with Gasteiger partial charge in [-0.1, -0.05) is 35.9 Å². The Morgan fingerprint density at radius 2 is 1.91 bits per heavy atom. The maximum atomic E-state index is 12.6. The van der Waals surface area contributed by atoms with Crippen molar-refractivity contribution in [1.29, 1.82) is 0 Å². The van der Waals surface area contributed by atoms with Crippen molar-refractivity contribution in [3.63, 3.8) is 0 Å². The number of nitrogens with one attached hydrogen (secondary N) is 1. The summed E-state index contributed by atoms with van der Waals surface area (Å²) in [4.78, 5) is 24.9. The third-order valence-corrected chi connectivity index (χ3v) is 6.47. The van der Waals surface area contributed by atoms with Crippen LogP contribution in [0.2, 0.25) is 5.02 Å². The fourth-order valence-electron chi connectivity index (χ4n) is 4.38. The fourth-order valence-corrected chi connectivity index (χ4v) is 4.57. The quantitative estimate of drug-likeness (QED) is 0.516. The molecule has 33 heavy (non-hydrogen) atoms. The lowest BCUT2D eigenvalue weighted by Crippen LogP contribution is -2.42. The minimum absolute atomic E-state index is 0.0515. The predicted octanol–water partition coefficient (Wildman–Crippen LogP) is 3.26. The maximum Gasteiger partial charge on any atom is 0.267 e. The van der Waals surface area contributed by atoms with Crippen LogP contribution in [0.15, 0.2) is 65.5 Å². The number of carbonyl (C=O) groups is 1. The lowest BCUT2D eigenvalue weighted by molar-refractivity contribution is 0.0945. The summed E-state index contributed by atoms with van der Waals surface area (Å²) in [7, 11) is 0. The molecular weight excluding hydrogens is 440 g/mol. The Labute approximate surface area is 197 Å². The van der Waals surface area contributed by atoms with Crippen LogP contribution in [0.5, 0.6) is 0 Å². The second kappa shape index (κ2) is 9.87. The number of nitrogens with zero attached hydrogens (tertiary/aromatic N) is 2. The summed E-state index contributed by atoms with van der Waals surface area (Å²) in [6.45, 7) is 0.0619. The van der Waals surface area contributed by atoms with Crippen LogP contribution in [0.3, 0.4) is 0 Å². The number of rotatable bonds is 6. The number of halogens is 1. The summed E-state index contributed by atoms with van der Waals surface area (Å²) in [5.41, 5.74) is 8.91. The Kier molecular flexibility index (Phi) is 6.93. The number of amides is 1. The molecule has 2 aromatic carbocycles. The second-order valence-electron chi connectivity index (χ2n) is 8.46. The van der Waals surface area contributed by atoms with E-state index in [1.54, 1.807) is 28.9 Å². The van der Waals surface area contributed by atoms with E-state index in [4.69, 9.17) is 22.4 Å². The molecule has 8 heteroatoms. The van der Waals surface area contributed by atoms with Crippen LogP contribution in [0, 0.1) is 0 Å². The van der Waals surface area contributed by atoms with Crippen LogP contribution in [-0.2, 0) is 5.54 Å². The molecule has 1 aliphatic carbocycles. The summed E-state index contributed by atoms with van der Waals surface area (Å²) in [5, 5.41) is 16.9. The Morgan fingerprint density at radius 3 is 2.64 bits per heavy atom. The van der Waals surface area contributed by atoms with E-state index < -0.39 is 5.54 Å². The van der Waals surface area contributed by atoms with Gasteiger partial charge in [0.1, 0.15) is 0 Å². The molecule has 1 saturated carbocycles. The molecule has 0 saturated heterocycles. The molecular formula is C25H27ClN4O3. The molecule has 0 unspecified atom stereocenters. The van der Waals surface area contributed by atoms with Crippen LogP contribution >= 0.6 is 11.6 Å². The van der Waals surface area contributed by atoms with Crippen molar-refractivity contribution >= 4 is 17.5 Å². The summed E-state index contributed by atoms with van der Waals surface area (Å²) >= 11 is 6.16. The highest BCUT2D eigenvalue weighted by Gasteiger charge is 2.34. The van der Waals surface area contributed by atoms with Gasteiger partial charge in [-0.15, -0.1) is 0 Å². The summed E-state index contributed by atoms with van der Waals surface area (Å²) in [6, 6.07) is 17.8. The van der Waals surface area contributed by atoms with Crippen LogP contribution < -0.4 is 16.6 Å². The Bertz CT molecular complexity index is 1200. The molecule has 0 aliphatic heterocycles. The molecule has 1 fully saturated rings. The Balaban J connectivity index is 1.54. The van der Waals surface area contributed by atoms with Crippen molar-refractivity contribution < 1.29 is 9.90 Å². The minimum Gasteiger partial charge on any atom is -0.395 e. The SMILES string of the molecule is NC1(c2cccc(Cl)c2)CCC(n2nc(-c3cccc(C(=O)NCCO)c3)ccc2=O)CC1. The Morgan fingerprint density at radius 1 is 1.15 bits per heavy atom. The number of aliphatic hydroxyl groups excluding tert-OH is 1. The smallest absolute Gasteiger partial charge is 0.267 e. The maximum absolute atomic E-state index is 12.6. The van der Waals surface area contributed by atoms with Crippen molar-refractivity contribution in [2.45, 2.75) is 37.3 Å². The molecule has 4 N–H and O–H groups in total. The largest absolute Gasteiger partial charge is 0.395 e. The van der Waals surface area contributed by atoms with Crippen LogP contribution in [0.1, 0.15) is 47.6 Å². The monoisotopic (exact) mass is 466 g/mol. The van der Waals surface area contributed by atoms with Gasteiger partial charge in [-0.05, 0) is 61.6 Å². The number of carbonyl (C=O) groups excluding carboxylic acids is 1. The Hall–Kier alpha value is -3.00. The van der Waals surface area contributed by atoms with Crippen LogP contribution in [0.25, 0.3) is 11.3 Å². The van der Waals surface area contributed by atoms with Gasteiger partial charge < -0.3 is 16.2 Å². The van der Waals surface area contributed by atoms with Crippen molar-refractivity contribution in [2.24, 2.45) is 5.73 Å². The average molecular weight is 467 g/mol. The molecule has 7 nitrogen and oxygen atoms in total. The van der Waals surface area contributed by atoms with Crippen molar-refractivity contribution in [1.82, 2.24) is 15.1 Å². The highest BCUT2D eigenvalue weighted by atomic mass is 35.5.